The van der Waals surface area contributed by atoms with Gasteiger partial charge in [0.15, 0.2) is 12.4 Å². The predicted octanol–water partition coefficient (Wildman–Crippen LogP) is 3.23. The van der Waals surface area contributed by atoms with Gasteiger partial charge in [-0.1, -0.05) is 11.6 Å². The fourth-order valence-corrected chi connectivity index (χ4v) is 2.84. The smallest absolute Gasteiger partial charge is 0.257 e. The second kappa shape index (κ2) is 9.75. The number of carbonyl (C=O) groups excluding carboxylic acids is 3. The third-order valence-corrected chi connectivity index (χ3v) is 4.21. The molecule has 1 aliphatic carbocycles. The summed E-state index contributed by atoms with van der Waals surface area (Å²) >= 11 is 0. The second-order valence-corrected chi connectivity index (χ2v) is 6.45. The standard InChI is InChI=1S/C20H26N2O4/c1-14(23)17-8-9-18(22-15(2)24)19(12-17)26-13-20(25)21-11-10-16-6-4-3-5-7-16/h6,8-9,12H,3-5,7,10-11,13H2,1-2H3,(H,21,25)(H,22,24). The first-order valence-corrected chi connectivity index (χ1v) is 8.95. The molecule has 2 N–H and O–H groups in total. The molecular weight excluding hydrogens is 332 g/mol. The molecule has 0 heterocycles. The highest BCUT2D eigenvalue weighted by Crippen LogP contribution is 2.26. The first kappa shape index (κ1) is 19.7. The molecule has 6 heteroatoms. The number of allylic oxidation sites excluding steroid dienone is 1. The Balaban J connectivity index is 1.88. The zero-order valence-electron chi connectivity index (χ0n) is 15.4. The van der Waals surface area contributed by atoms with E-state index in [9.17, 15) is 14.4 Å². The molecule has 140 valence electrons. The van der Waals surface area contributed by atoms with Crippen molar-refractivity contribution in [1.82, 2.24) is 5.32 Å². The summed E-state index contributed by atoms with van der Waals surface area (Å²) in [5, 5.41) is 5.47. The highest BCUT2D eigenvalue weighted by atomic mass is 16.5. The van der Waals surface area contributed by atoms with Crippen LogP contribution in [0, 0.1) is 0 Å². The van der Waals surface area contributed by atoms with E-state index in [-0.39, 0.29) is 24.2 Å². The molecule has 0 atom stereocenters. The van der Waals surface area contributed by atoms with Gasteiger partial charge in [0, 0.05) is 19.0 Å². The molecule has 2 rings (SSSR count). The van der Waals surface area contributed by atoms with Gasteiger partial charge in [-0.2, -0.15) is 0 Å². The zero-order chi connectivity index (χ0) is 18.9. The molecule has 0 saturated carbocycles. The molecule has 0 spiro atoms. The van der Waals surface area contributed by atoms with Crippen molar-refractivity contribution in [2.24, 2.45) is 0 Å². The van der Waals surface area contributed by atoms with E-state index in [4.69, 9.17) is 4.74 Å². The summed E-state index contributed by atoms with van der Waals surface area (Å²) in [6.07, 6.45) is 7.85. The van der Waals surface area contributed by atoms with Gasteiger partial charge in [-0.3, -0.25) is 14.4 Å². The van der Waals surface area contributed by atoms with Crippen LogP contribution in [0.25, 0.3) is 0 Å². The van der Waals surface area contributed by atoms with Crippen molar-refractivity contribution in [2.45, 2.75) is 46.0 Å². The van der Waals surface area contributed by atoms with E-state index < -0.39 is 0 Å². The largest absolute Gasteiger partial charge is 0.482 e. The zero-order valence-corrected chi connectivity index (χ0v) is 15.4. The SMILES string of the molecule is CC(=O)Nc1ccc(C(C)=O)cc1OCC(=O)NCCC1=CCCCC1. The summed E-state index contributed by atoms with van der Waals surface area (Å²) in [5.74, 6) is -0.300. The Hall–Kier alpha value is -2.63. The van der Waals surface area contributed by atoms with Crippen molar-refractivity contribution >= 4 is 23.3 Å². The maximum atomic E-state index is 12.0. The molecule has 1 aromatic carbocycles. The monoisotopic (exact) mass is 358 g/mol. The molecule has 0 unspecified atom stereocenters. The third-order valence-electron chi connectivity index (χ3n) is 4.21. The summed E-state index contributed by atoms with van der Waals surface area (Å²) in [4.78, 5) is 34.8. The quantitative estimate of drug-likeness (QED) is 0.552. The maximum Gasteiger partial charge on any atom is 0.257 e. The van der Waals surface area contributed by atoms with Crippen LogP contribution in [-0.4, -0.2) is 30.7 Å². The lowest BCUT2D eigenvalue weighted by Gasteiger charge is -2.14. The van der Waals surface area contributed by atoms with Gasteiger partial charge in [-0.05, 0) is 57.2 Å². The number of benzene rings is 1. The number of anilines is 1. The van der Waals surface area contributed by atoms with Crippen LogP contribution in [-0.2, 0) is 9.59 Å². The minimum atomic E-state index is -0.254. The van der Waals surface area contributed by atoms with Gasteiger partial charge in [0.25, 0.3) is 5.91 Å². The Bertz CT molecular complexity index is 710. The molecule has 1 aliphatic rings. The Morgan fingerprint density at radius 1 is 1.15 bits per heavy atom. The van der Waals surface area contributed by atoms with Crippen molar-refractivity contribution in [1.29, 1.82) is 0 Å². The topological polar surface area (TPSA) is 84.5 Å². The van der Waals surface area contributed by atoms with Crippen molar-refractivity contribution in [3.05, 3.63) is 35.4 Å². The number of Topliss-reactive ketones (excluding diaryl/α,β-unsaturated/α-hetero) is 1. The van der Waals surface area contributed by atoms with Crippen LogP contribution in [0.2, 0.25) is 0 Å². The maximum absolute atomic E-state index is 12.0. The molecule has 1 aromatic rings. The Morgan fingerprint density at radius 3 is 2.62 bits per heavy atom. The number of rotatable bonds is 8. The van der Waals surface area contributed by atoms with Crippen LogP contribution >= 0.6 is 0 Å². The van der Waals surface area contributed by atoms with Gasteiger partial charge >= 0.3 is 0 Å². The Labute approximate surface area is 154 Å². The molecule has 0 fully saturated rings. The first-order chi connectivity index (χ1) is 12.5. The molecule has 0 aliphatic heterocycles. The summed E-state index contributed by atoms with van der Waals surface area (Å²) < 4.78 is 5.54. The van der Waals surface area contributed by atoms with Gasteiger partial charge in [-0.25, -0.2) is 0 Å². The molecule has 0 saturated heterocycles. The summed E-state index contributed by atoms with van der Waals surface area (Å²) in [6, 6.07) is 4.74. The summed E-state index contributed by atoms with van der Waals surface area (Å²) in [7, 11) is 0. The summed E-state index contributed by atoms with van der Waals surface area (Å²) in [5.41, 5.74) is 2.29. The van der Waals surface area contributed by atoms with E-state index in [1.54, 1.807) is 12.1 Å². The molecule has 6 nitrogen and oxygen atoms in total. The van der Waals surface area contributed by atoms with Crippen LogP contribution in [0.1, 0.15) is 56.3 Å². The fraction of sp³-hybridized carbons (Fsp3) is 0.450. The van der Waals surface area contributed by atoms with E-state index in [0.29, 0.717) is 23.5 Å². The van der Waals surface area contributed by atoms with Crippen molar-refractivity contribution < 1.29 is 19.1 Å². The van der Waals surface area contributed by atoms with Crippen LogP contribution in [0.15, 0.2) is 29.8 Å². The van der Waals surface area contributed by atoms with Gasteiger partial charge < -0.3 is 15.4 Å². The highest BCUT2D eigenvalue weighted by Gasteiger charge is 2.11. The van der Waals surface area contributed by atoms with Crippen LogP contribution in [0.4, 0.5) is 5.69 Å². The molecule has 2 amide bonds. The lowest BCUT2D eigenvalue weighted by atomic mass is 9.97. The predicted molar refractivity (Wildman–Crippen MR) is 100 cm³/mol. The van der Waals surface area contributed by atoms with E-state index in [1.165, 1.54) is 38.3 Å². The Morgan fingerprint density at radius 2 is 1.96 bits per heavy atom. The van der Waals surface area contributed by atoms with Gasteiger partial charge in [0.2, 0.25) is 5.91 Å². The van der Waals surface area contributed by atoms with E-state index in [2.05, 4.69) is 16.7 Å². The van der Waals surface area contributed by atoms with Gasteiger partial charge in [0.1, 0.15) is 5.75 Å². The molecule has 0 bridgehead atoms. The fourth-order valence-electron chi connectivity index (χ4n) is 2.84. The number of carbonyl (C=O) groups is 3. The minimum absolute atomic E-state index is 0.116. The van der Waals surface area contributed by atoms with Gasteiger partial charge in [-0.15, -0.1) is 0 Å². The molecule has 26 heavy (non-hydrogen) atoms. The number of nitrogens with one attached hydrogen (secondary N) is 2. The molecular formula is C20H26N2O4. The normalized spacial score (nSPS) is 13.5. The van der Waals surface area contributed by atoms with E-state index >= 15 is 0 Å². The van der Waals surface area contributed by atoms with E-state index in [1.807, 2.05) is 0 Å². The average molecular weight is 358 g/mol. The first-order valence-electron chi connectivity index (χ1n) is 8.95. The number of ketones is 1. The lowest BCUT2D eigenvalue weighted by molar-refractivity contribution is -0.123. The highest BCUT2D eigenvalue weighted by molar-refractivity contribution is 5.96. The number of hydrogen-bond acceptors (Lipinski definition) is 4. The van der Waals surface area contributed by atoms with Crippen LogP contribution in [0.3, 0.4) is 0 Å². The van der Waals surface area contributed by atoms with Crippen LogP contribution < -0.4 is 15.4 Å². The van der Waals surface area contributed by atoms with Crippen molar-refractivity contribution in [3.63, 3.8) is 0 Å². The number of hydrogen-bond donors (Lipinski definition) is 2. The number of amides is 2. The van der Waals surface area contributed by atoms with Crippen LogP contribution in [0.5, 0.6) is 5.75 Å². The van der Waals surface area contributed by atoms with Crippen molar-refractivity contribution in [3.8, 4) is 5.75 Å². The average Bonchev–Trinajstić information content (AvgIpc) is 2.61. The number of ether oxygens (including phenoxy) is 1. The third kappa shape index (κ3) is 6.35. The molecule has 0 aromatic heterocycles. The van der Waals surface area contributed by atoms with Crippen molar-refractivity contribution in [2.75, 3.05) is 18.5 Å². The summed E-state index contributed by atoms with van der Waals surface area (Å²) in [6.45, 7) is 3.24. The van der Waals surface area contributed by atoms with Gasteiger partial charge in [0.05, 0.1) is 5.69 Å². The molecule has 0 radical (unpaired) electrons. The van der Waals surface area contributed by atoms with E-state index in [0.717, 1.165) is 19.3 Å². The minimum Gasteiger partial charge on any atom is -0.482 e. The lowest BCUT2D eigenvalue weighted by Crippen LogP contribution is -2.30. The Kier molecular flexibility index (Phi) is 7.38. The second-order valence-electron chi connectivity index (χ2n) is 6.45.